The van der Waals surface area contributed by atoms with Crippen LogP contribution < -0.4 is 0 Å². The van der Waals surface area contributed by atoms with Gasteiger partial charge < -0.3 is 0 Å². The van der Waals surface area contributed by atoms with Crippen LogP contribution in [0.3, 0.4) is 0 Å². The third-order valence-corrected chi connectivity index (χ3v) is 3.52. The zero-order chi connectivity index (χ0) is 14.3. The first-order valence-corrected chi connectivity index (χ1v) is 6.13. The van der Waals surface area contributed by atoms with E-state index in [4.69, 9.17) is 0 Å². The van der Waals surface area contributed by atoms with Crippen molar-refractivity contribution in [1.29, 1.82) is 0 Å². The lowest BCUT2D eigenvalue weighted by atomic mass is 9.90. The Kier molecular flexibility index (Phi) is 3.29. The van der Waals surface area contributed by atoms with E-state index >= 15 is 0 Å². The van der Waals surface area contributed by atoms with E-state index in [-0.39, 0.29) is 11.3 Å². The van der Waals surface area contributed by atoms with Gasteiger partial charge >= 0.3 is 6.18 Å². The van der Waals surface area contributed by atoms with Gasteiger partial charge in [-0.05, 0) is 36.1 Å². The monoisotopic (exact) mass is 268 g/mol. The van der Waals surface area contributed by atoms with Gasteiger partial charge in [0, 0.05) is 5.41 Å². The van der Waals surface area contributed by atoms with Crippen LogP contribution in [0.5, 0.6) is 0 Å². The van der Waals surface area contributed by atoms with Crippen molar-refractivity contribution in [2.24, 2.45) is 5.41 Å². The number of carbonyl (C=O) groups excluding carboxylic acids is 1. The first-order valence-electron chi connectivity index (χ1n) is 6.13. The molecule has 1 aliphatic carbocycles. The summed E-state index contributed by atoms with van der Waals surface area (Å²) in [6.07, 6.45) is -1.78. The number of Topliss-reactive ketones (excluding diaryl/α,β-unsaturated/α-hetero) is 1. The Morgan fingerprint density at radius 1 is 1.21 bits per heavy atom. The minimum atomic E-state index is -4.40. The quantitative estimate of drug-likeness (QED) is 0.686. The molecule has 0 spiro atoms. The van der Waals surface area contributed by atoms with E-state index in [2.05, 4.69) is 0 Å². The van der Waals surface area contributed by atoms with E-state index in [0.29, 0.717) is 18.4 Å². The average Bonchev–Trinajstić information content (AvgIpc) is 2.56. The molecule has 1 saturated carbocycles. The van der Waals surface area contributed by atoms with Gasteiger partial charge in [-0.25, -0.2) is 0 Å². The van der Waals surface area contributed by atoms with Crippen LogP contribution in [0.15, 0.2) is 29.8 Å². The van der Waals surface area contributed by atoms with Crippen molar-refractivity contribution in [1.82, 2.24) is 0 Å². The molecule has 4 heteroatoms. The molecule has 1 aromatic rings. The van der Waals surface area contributed by atoms with Crippen molar-refractivity contribution in [2.75, 3.05) is 0 Å². The summed E-state index contributed by atoms with van der Waals surface area (Å²) < 4.78 is 38.6. The molecule has 1 aromatic carbocycles. The van der Waals surface area contributed by atoms with Gasteiger partial charge in [0.15, 0.2) is 5.78 Å². The largest absolute Gasteiger partial charge is 0.416 e. The topological polar surface area (TPSA) is 17.1 Å². The third-order valence-electron chi connectivity index (χ3n) is 3.52. The summed E-state index contributed by atoms with van der Waals surface area (Å²) in [7, 11) is 0. The molecule has 0 bridgehead atoms. The molecule has 0 amide bonds. The van der Waals surface area contributed by atoms with E-state index in [1.54, 1.807) is 6.07 Å². The number of hydrogen-bond donors (Lipinski definition) is 0. The first-order chi connectivity index (χ1) is 8.72. The van der Waals surface area contributed by atoms with Crippen LogP contribution in [-0.4, -0.2) is 5.78 Å². The Balaban J connectivity index is 2.43. The van der Waals surface area contributed by atoms with Crippen LogP contribution >= 0.6 is 0 Å². The van der Waals surface area contributed by atoms with Gasteiger partial charge in [0.25, 0.3) is 0 Å². The van der Waals surface area contributed by atoms with Crippen molar-refractivity contribution < 1.29 is 18.0 Å². The summed E-state index contributed by atoms with van der Waals surface area (Å²) >= 11 is 0. The lowest BCUT2D eigenvalue weighted by molar-refractivity contribution is -0.137. The molecule has 19 heavy (non-hydrogen) atoms. The highest BCUT2D eigenvalue weighted by atomic mass is 19.4. The Bertz CT molecular complexity index is 539. The fourth-order valence-corrected chi connectivity index (χ4v) is 2.32. The molecule has 1 fully saturated rings. The van der Waals surface area contributed by atoms with Crippen LogP contribution in [-0.2, 0) is 11.0 Å². The molecular formula is C15H15F3O. The molecule has 0 unspecified atom stereocenters. The molecule has 1 aliphatic rings. The number of alkyl halides is 3. The summed E-state index contributed by atoms with van der Waals surface area (Å²) in [5.74, 6) is -0.0514. The summed E-state index contributed by atoms with van der Waals surface area (Å²) in [5.41, 5.74) is -0.600. The normalized spacial score (nSPS) is 21.1. The molecule has 0 heterocycles. The number of halogens is 3. The molecule has 1 nitrogen and oxygen atoms in total. The summed E-state index contributed by atoms with van der Waals surface area (Å²) in [5, 5.41) is 0. The molecule has 0 atom stereocenters. The molecule has 0 aliphatic heterocycles. The predicted molar refractivity (Wildman–Crippen MR) is 67.4 cm³/mol. The van der Waals surface area contributed by atoms with Crippen molar-refractivity contribution in [3.05, 3.63) is 41.0 Å². The molecule has 2 rings (SSSR count). The second-order valence-electron chi connectivity index (χ2n) is 5.47. The number of allylic oxidation sites excluding steroid dienone is 1. The highest BCUT2D eigenvalue weighted by molar-refractivity contribution is 6.05. The zero-order valence-electron chi connectivity index (χ0n) is 10.8. The molecule has 0 saturated heterocycles. The van der Waals surface area contributed by atoms with Crippen LogP contribution in [0, 0.1) is 5.41 Å². The number of carbonyl (C=O) groups is 1. The molecule has 0 aromatic heterocycles. The standard InChI is InChI=1S/C15H15F3O/c1-14(2)8-7-11(13(14)19)9-10-5-3-4-6-12(10)15(16,17)18/h3-6,9H,7-8H2,1-2H3. The van der Waals surface area contributed by atoms with Gasteiger partial charge in [-0.2, -0.15) is 13.2 Å². The van der Waals surface area contributed by atoms with Crippen molar-refractivity contribution >= 4 is 11.9 Å². The van der Waals surface area contributed by atoms with Crippen molar-refractivity contribution in [3.63, 3.8) is 0 Å². The number of hydrogen-bond acceptors (Lipinski definition) is 1. The smallest absolute Gasteiger partial charge is 0.294 e. The van der Waals surface area contributed by atoms with Crippen molar-refractivity contribution in [3.8, 4) is 0 Å². The lowest BCUT2D eigenvalue weighted by Gasteiger charge is -2.13. The Morgan fingerprint density at radius 2 is 1.84 bits per heavy atom. The van der Waals surface area contributed by atoms with E-state index in [0.717, 1.165) is 6.07 Å². The van der Waals surface area contributed by atoms with Gasteiger partial charge in [-0.15, -0.1) is 0 Å². The van der Waals surface area contributed by atoms with E-state index in [9.17, 15) is 18.0 Å². The van der Waals surface area contributed by atoms with Crippen LogP contribution in [0.4, 0.5) is 13.2 Å². The molecular weight excluding hydrogens is 253 g/mol. The Labute approximate surface area is 110 Å². The number of rotatable bonds is 1. The zero-order valence-corrected chi connectivity index (χ0v) is 10.8. The fourth-order valence-electron chi connectivity index (χ4n) is 2.32. The maximum atomic E-state index is 12.9. The van der Waals surface area contributed by atoms with Crippen molar-refractivity contribution in [2.45, 2.75) is 32.9 Å². The van der Waals surface area contributed by atoms with E-state index in [1.165, 1.54) is 18.2 Å². The van der Waals surface area contributed by atoms with Crippen LogP contribution in [0.2, 0.25) is 0 Å². The minimum Gasteiger partial charge on any atom is -0.294 e. The van der Waals surface area contributed by atoms with E-state index < -0.39 is 17.2 Å². The van der Waals surface area contributed by atoms with Gasteiger partial charge in [0.05, 0.1) is 5.56 Å². The van der Waals surface area contributed by atoms with Crippen LogP contribution in [0.1, 0.15) is 37.8 Å². The minimum absolute atomic E-state index is 0.0514. The van der Waals surface area contributed by atoms with Crippen LogP contribution in [0.25, 0.3) is 6.08 Å². The Hall–Kier alpha value is -1.58. The first kappa shape index (κ1) is 13.8. The molecule has 0 N–H and O–H groups in total. The predicted octanol–water partition coefficient (Wildman–Crippen LogP) is 4.48. The van der Waals surface area contributed by atoms with Gasteiger partial charge in [0.1, 0.15) is 0 Å². The lowest BCUT2D eigenvalue weighted by Crippen LogP contribution is -2.17. The second kappa shape index (κ2) is 4.51. The highest BCUT2D eigenvalue weighted by Crippen LogP contribution is 2.39. The SMILES string of the molecule is CC1(C)CCC(=Cc2ccccc2C(F)(F)F)C1=O. The third kappa shape index (κ3) is 2.72. The van der Waals surface area contributed by atoms with Gasteiger partial charge in [0.2, 0.25) is 0 Å². The summed E-state index contributed by atoms with van der Waals surface area (Å²) in [6.45, 7) is 3.65. The molecule has 102 valence electrons. The van der Waals surface area contributed by atoms with Gasteiger partial charge in [-0.3, -0.25) is 4.79 Å². The average molecular weight is 268 g/mol. The highest BCUT2D eigenvalue weighted by Gasteiger charge is 2.37. The second-order valence-corrected chi connectivity index (χ2v) is 5.47. The summed E-state index contributed by atoms with van der Waals surface area (Å²) in [4.78, 5) is 12.0. The van der Waals surface area contributed by atoms with E-state index in [1.807, 2.05) is 13.8 Å². The van der Waals surface area contributed by atoms with Gasteiger partial charge in [-0.1, -0.05) is 32.0 Å². The molecule has 0 radical (unpaired) electrons. The Morgan fingerprint density at radius 3 is 2.37 bits per heavy atom. The maximum Gasteiger partial charge on any atom is 0.416 e. The number of ketones is 1. The fraction of sp³-hybridized carbons (Fsp3) is 0.400. The summed E-state index contributed by atoms with van der Waals surface area (Å²) in [6, 6.07) is 5.34. The maximum absolute atomic E-state index is 12.9. The number of benzene rings is 1.